The molecule has 0 N–H and O–H groups in total. The Bertz CT molecular complexity index is 903. The van der Waals surface area contributed by atoms with Crippen molar-refractivity contribution in [1.82, 2.24) is 9.97 Å². The lowest BCUT2D eigenvalue weighted by atomic mass is 9.99. The number of hydrogen-bond donors (Lipinski definition) is 0. The topological polar surface area (TPSA) is 52.1 Å². The van der Waals surface area contributed by atoms with Crippen LogP contribution in [0.1, 0.15) is 39.7 Å². The molecule has 0 atom stereocenters. The number of hydrogen-bond acceptors (Lipinski definition) is 4. The molecular formula is C20H20N2O2. The summed E-state index contributed by atoms with van der Waals surface area (Å²) in [5, 5.41) is 0.825. The van der Waals surface area contributed by atoms with Gasteiger partial charge in [0.25, 0.3) is 0 Å². The van der Waals surface area contributed by atoms with Crippen LogP contribution in [0.4, 0.5) is 0 Å². The summed E-state index contributed by atoms with van der Waals surface area (Å²) >= 11 is 0. The van der Waals surface area contributed by atoms with Crippen LogP contribution >= 0.6 is 0 Å². The largest absolute Gasteiger partial charge is 0.462 e. The highest BCUT2D eigenvalue weighted by Gasteiger charge is 2.12. The molecule has 24 heavy (non-hydrogen) atoms. The first-order chi connectivity index (χ1) is 11.6. The third-order valence-corrected chi connectivity index (χ3v) is 4.05. The fraction of sp³-hybridized carbons (Fsp3) is 0.250. The smallest absolute Gasteiger partial charge is 0.338 e. The first kappa shape index (κ1) is 16.1. The minimum absolute atomic E-state index is 0.310. The number of aryl methyl sites for hydroxylation is 2. The fourth-order valence-corrected chi connectivity index (χ4v) is 2.82. The average Bonchev–Trinajstić information content (AvgIpc) is 2.57. The van der Waals surface area contributed by atoms with Crippen LogP contribution < -0.4 is 0 Å². The number of esters is 1. The van der Waals surface area contributed by atoms with Gasteiger partial charge in [-0.2, -0.15) is 0 Å². The van der Waals surface area contributed by atoms with Gasteiger partial charge < -0.3 is 4.74 Å². The highest BCUT2D eigenvalue weighted by molar-refractivity contribution is 6.03. The van der Waals surface area contributed by atoms with Crippen LogP contribution in [0.25, 0.3) is 10.9 Å². The van der Waals surface area contributed by atoms with E-state index in [1.807, 2.05) is 31.3 Å². The van der Waals surface area contributed by atoms with Gasteiger partial charge in [0.05, 0.1) is 17.7 Å². The maximum absolute atomic E-state index is 12.2. The summed E-state index contributed by atoms with van der Waals surface area (Å²) in [6, 6.07) is 9.81. The maximum atomic E-state index is 12.2. The van der Waals surface area contributed by atoms with E-state index in [1.54, 1.807) is 19.2 Å². The van der Waals surface area contributed by atoms with E-state index in [9.17, 15) is 4.79 Å². The van der Waals surface area contributed by atoms with Gasteiger partial charge in [-0.1, -0.05) is 6.07 Å². The van der Waals surface area contributed by atoms with Gasteiger partial charge in [0.2, 0.25) is 0 Å². The quantitative estimate of drug-likeness (QED) is 0.681. The minimum atomic E-state index is -0.310. The second kappa shape index (κ2) is 6.79. The standard InChI is InChI=1S/C20H20N2O2/c1-4-24-20(23)17-7-8-21-19-6-5-15(11-18(17)19)10-16-12-22-14(3)9-13(16)2/h5-9,11-12H,4,10H2,1-3H3. The van der Waals surface area contributed by atoms with Crippen LogP contribution in [0.3, 0.4) is 0 Å². The molecule has 0 unspecified atom stereocenters. The van der Waals surface area contributed by atoms with Crippen molar-refractivity contribution in [2.24, 2.45) is 0 Å². The van der Waals surface area contributed by atoms with E-state index in [0.29, 0.717) is 12.2 Å². The molecule has 0 saturated carbocycles. The van der Waals surface area contributed by atoms with E-state index >= 15 is 0 Å². The third kappa shape index (κ3) is 3.27. The molecule has 3 aromatic rings. The lowest BCUT2D eigenvalue weighted by Gasteiger charge is -2.09. The summed E-state index contributed by atoms with van der Waals surface area (Å²) in [7, 11) is 0. The molecule has 0 aliphatic heterocycles. The zero-order valence-corrected chi connectivity index (χ0v) is 14.2. The van der Waals surface area contributed by atoms with Gasteiger partial charge in [0.15, 0.2) is 0 Å². The molecule has 122 valence electrons. The zero-order chi connectivity index (χ0) is 17.1. The summed E-state index contributed by atoms with van der Waals surface area (Å²) in [5.41, 5.74) is 5.89. The maximum Gasteiger partial charge on any atom is 0.338 e. The van der Waals surface area contributed by atoms with Gasteiger partial charge in [-0.15, -0.1) is 0 Å². The molecule has 0 fully saturated rings. The van der Waals surface area contributed by atoms with Crippen LogP contribution in [-0.2, 0) is 11.2 Å². The van der Waals surface area contributed by atoms with Crippen LogP contribution in [0, 0.1) is 13.8 Å². The number of aromatic nitrogens is 2. The molecular weight excluding hydrogens is 300 g/mol. The van der Waals surface area contributed by atoms with Gasteiger partial charge in [-0.3, -0.25) is 9.97 Å². The summed E-state index contributed by atoms with van der Waals surface area (Å²) in [6.45, 7) is 6.25. The SMILES string of the molecule is CCOC(=O)c1ccnc2ccc(Cc3cnc(C)cc3C)cc12. The number of benzene rings is 1. The number of ether oxygens (including phenoxy) is 1. The molecule has 4 nitrogen and oxygen atoms in total. The summed E-state index contributed by atoms with van der Waals surface area (Å²) in [6.07, 6.45) is 4.33. The summed E-state index contributed by atoms with van der Waals surface area (Å²) in [5.74, 6) is -0.310. The van der Waals surface area contributed by atoms with E-state index in [4.69, 9.17) is 4.74 Å². The first-order valence-electron chi connectivity index (χ1n) is 8.05. The second-order valence-corrected chi connectivity index (χ2v) is 5.86. The zero-order valence-electron chi connectivity index (χ0n) is 14.2. The highest BCUT2D eigenvalue weighted by Crippen LogP contribution is 2.22. The van der Waals surface area contributed by atoms with Crippen molar-refractivity contribution in [1.29, 1.82) is 0 Å². The Morgan fingerprint density at radius 1 is 1.12 bits per heavy atom. The molecule has 0 amide bonds. The number of carbonyl (C=O) groups is 1. The van der Waals surface area contributed by atoms with Crippen molar-refractivity contribution >= 4 is 16.9 Å². The van der Waals surface area contributed by atoms with Crippen molar-refractivity contribution in [2.75, 3.05) is 6.61 Å². The Balaban J connectivity index is 2.01. The Labute approximate surface area is 141 Å². The third-order valence-electron chi connectivity index (χ3n) is 4.05. The molecule has 2 aromatic heterocycles. The van der Waals surface area contributed by atoms with Gasteiger partial charge in [0.1, 0.15) is 0 Å². The van der Waals surface area contributed by atoms with Crippen molar-refractivity contribution < 1.29 is 9.53 Å². The van der Waals surface area contributed by atoms with Crippen molar-refractivity contribution in [2.45, 2.75) is 27.2 Å². The van der Waals surface area contributed by atoms with Crippen LogP contribution in [-0.4, -0.2) is 22.5 Å². The van der Waals surface area contributed by atoms with Crippen LogP contribution in [0.15, 0.2) is 42.7 Å². The van der Waals surface area contributed by atoms with E-state index in [1.165, 1.54) is 11.1 Å². The summed E-state index contributed by atoms with van der Waals surface area (Å²) < 4.78 is 5.15. The number of fused-ring (bicyclic) bond motifs is 1. The van der Waals surface area contributed by atoms with Gasteiger partial charge in [-0.25, -0.2) is 4.79 Å². The monoisotopic (exact) mass is 320 g/mol. The van der Waals surface area contributed by atoms with Gasteiger partial charge >= 0.3 is 5.97 Å². The normalized spacial score (nSPS) is 10.8. The molecule has 2 heterocycles. The fourth-order valence-electron chi connectivity index (χ4n) is 2.82. The highest BCUT2D eigenvalue weighted by atomic mass is 16.5. The first-order valence-corrected chi connectivity index (χ1v) is 8.05. The van der Waals surface area contributed by atoms with Crippen molar-refractivity contribution in [3.05, 3.63) is 70.7 Å². The molecule has 1 aromatic carbocycles. The van der Waals surface area contributed by atoms with Crippen molar-refractivity contribution in [3.8, 4) is 0 Å². The van der Waals surface area contributed by atoms with Gasteiger partial charge in [0, 0.05) is 23.5 Å². The lowest BCUT2D eigenvalue weighted by Crippen LogP contribution is -2.06. The van der Waals surface area contributed by atoms with E-state index in [-0.39, 0.29) is 5.97 Å². The molecule has 0 bridgehead atoms. The predicted molar refractivity (Wildman–Crippen MR) is 94.2 cm³/mol. The Morgan fingerprint density at radius 2 is 1.96 bits per heavy atom. The van der Waals surface area contributed by atoms with Crippen LogP contribution in [0.2, 0.25) is 0 Å². The molecule has 0 radical (unpaired) electrons. The Morgan fingerprint density at radius 3 is 2.71 bits per heavy atom. The lowest BCUT2D eigenvalue weighted by molar-refractivity contribution is 0.0528. The minimum Gasteiger partial charge on any atom is -0.462 e. The van der Waals surface area contributed by atoms with Crippen LogP contribution in [0.5, 0.6) is 0 Å². The second-order valence-electron chi connectivity index (χ2n) is 5.86. The predicted octanol–water partition coefficient (Wildman–Crippen LogP) is 4.01. The van der Waals surface area contributed by atoms with E-state index in [0.717, 1.165) is 28.6 Å². The molecule has 0 saturated heterocycles. The Kier molecular flexibility index (Phi) is 4.56. The number of nitrogens with zero attached hydrogens (tertiary/aromatic N) is 2. The molecule has 0 spiro atoms. The number of rotatable bonds is 4. The number of pyridine rings is 2. The molecule has 0 aliphatic rings. The summed E-state index contributed by atoms with van der Waals surface area (Å²) in [4.78, 5) is 20.9. The van der Waals surface area contributed by atoms with Crippen molar-refractivity contribution in [3.63, 3.8) is 0 Å². The molecule has 4 heteroatoms. The molecule has 0 aliphatic carbocycles. The van der Waals surface area contributed by atoms with E-state index < -0.39 is 0 Å². The average molecular weight is 320 g/mol. The van der Waals surface area contributed by atoms with Gasteiger partial charge in [-0.05, 0) is 68.1 Å². The van der Waals surface area contributed by atoms with E-state index in [2.05, 4.69) is 23.0 Å². The Hall–Kier alpha value is -2.75. The number of carbonyl (C=O) groups excluding carboxylic acids is 1. The molecule has 3 rings (SSSR count).